The van der Waals surface area contributed by atoms with Crippen LogP contribution in [-0.4, -0.2) is 0 Å². The van der Waals surface area contributed by atoms with Gasteiger partial charge in [-0.3, -0.25) is 0 Å². The fourth-order valence-corrected chi connectivity index (χ4v) is 8.67. The van der Waals surface area contributed by atoms with Crippen molar-refractivity contribution in [1.82, 2.24) is 0 Å². The van der Waals surface area contributed by atoms with Crippen LogP contribution in [0.4, 0.5) is 17.1 Å². The minimum absolute atomic E-state index is 0.0558. The molecule has 0 radical (unpaired) electrons. The average Bonchev–Trinajstić information content (AvgIpc) is 3.83. The van der Waals surface area contributed by atoms with E-state index in [1.165, 1.54) is 44.0 Å². The van der Waals surface area contributed by atoms with Gasteiger partial charge in [0.15, 0.2) is 0 Å². The predicted octanol–water partition coefficient (Wildman–Crippen LogP) is 14.1. The van der Waals surface area contributed by atoms with Crippen LogP contribution in [-0.2, 0) is 5.41 Å². The Morgan fingerprint density at radius 2 is 1.00 bits per heavy atom. The molecule has 11 rings (SSSR count). The maximum atomic E-state index is 6.24. The molecule has 10 aromatic rings. The lowest BCUT2D eigenvalue weighted by Crippen LogP contribution is -2.15. The van der Waals surface area contributed by atoms with Crippen molar-refractivity contribution < 1.29 is 8.83 Å². The number of furan rings is 2. The Labute approximate surface area is 301 Å². The summed E-state index contributed by atoms with van der Waals surface area (Å²) in [6.45, 7) is 4.66. The van der Waals surface area contributed by atoms with Gasteiger partial charge in [-0.1, -0.05) is 111 Å². The van der Waals surface area contributed by atoms with Crippen LogP contribution in [0, 0.1) is 0 Å². The Hall–Kier alpha value is -6.58. The second-order valence-electron chi connectivity index (χ2n) is 14.5. The summed E-state index contributed by atoms with van der Waals surface area (Å²) < 4.78 is 12.5. The normalized spacial score (nSPS) is 13.3. The number of para-hydroxylation sites is 2. The molecule has 0 amide bonds. The lowest BCUT2D eigenvalue weighted by molar-refractivity contribution is 0.660. The van der Waals surface area contributed by atoms with E-state index in [0.717, 1.165) is 61.1 Å². The summed E-state index contributed by atoms with van der Waals surface area (Å²) in [6.07, 6.45) is 0. The van der Waals surface area contributed by atoms with Crippen molar-refractivity contribution in [1.29, 1.82) is 0 Å². The lowest BCUT2D eigenvalue weighted by Gasteiger charge is -2.27. The summed E-state index contributed by atoms with van der Waals surface area (Å²) in [5.41, 5.74) is 14.5. The van der Waals surface area contributed by atoms with Crippen LogP contribution in [0.3, 0.4) is 0 Å². The molecule has 0 saturated carbocycles. The van der Waals surface area contributed by atoms with Crippen LogP contribution in [0.25, 0.3) is 76.9 Å². The van der Waals surface area contributed by atoms with E-state index < -0.39 is 0 Å². The molecule has 0 N–H and O–H groups in total. The highest BCUT2D eigenvalue weighted by Gasteiger charge is 2.35. The van der Waals surface area contributed by atoms with Gasteiger partial charge in [-0.25, -0.2) is 0 Å². The van der Waals surface area contributed by atoms with Gasteiger partial charge in [0.25, 0.3) is 0 Å². The van der Waals surface area contributed by atoms with Crippen LogP contribution in [0.2, 0.25) is 0 Å². The summed E-state index contributed by atoms with van der Waals surface area (Å²) in [7, 11) is 0. The molecule has 2 aromatic heterocycles. The molecule has 1 aliphatic rings. The molecule has 2 heterocycles. The van der Waals surface area contributed by atoms with E-state index in [0.29, 0.717) is 0 Å². The number of nitrogens with zero attached hydrogens (tertiary/aromatic N) is 1. The molecule has 52 heavy (non-hydrogen) atoms. The molecule has 0 saturated heterocycles. The standard InChI is InChI=1S/C49H33NO2/c1-49(2)42-12-6-3-9-36(42)40-28-34(22-24-43(40)49)50(35-23-26-46-41(29-35)37-10-4-7-13-44(37)51-46)33-20-17-30(18-21-33)32-16-15-31-19-25-47-48(39(31)27-32)38-11-5-8-14-45(38)52-47/h3-29H,1-2H3. The van der Waals surface area contributed by atoms with Gasteiger partial charge in [-0.2, -0.15) is 0 Å². The molecule has 0 aliphatic heterocycles. The number of hydrogen-bond acceptors (Lipinski definition) is 3. The summed E-state index contributed by atoms with van der Waals surface area (Å²) in [6, 6.07) is 58.9. The Morgan fingerprint density at radius 3 is 1.87 bits per heavy atom. The lowest BCUT2D eigenvalue weighted by atomic mass is 9.82. The predicted molar refractivity (Wildman–Crippen MR) is 216 cm³/mol. The highest BCUT2D eigenvalue weighted by atomic mass is 16.3. The third kappa shape index (κ3) is 4.20. The zero-order valence-corrected chi connectivity index (χ0v) is 28.9. The molecule has 1 aliphatic carbocycles. The first-order chi connectivity index (χ1) is 25.5. The first-order valence-corrected chi connectivity index (χ1v) is 17.9. The summed E-state index contributed by atoms with van der Waals surface area (Å²) in [5.74, 6) is 0. The molecule has 0 atom stereocenters. The molecule has 0 bridgehead atoms. The van der Waals surface area contributed by atoms with Gasteiger partial charge in [0.2, 0.25) is 0 Å². The van der Waals surface area contributed by atoms with E-state index in [1.54, 1.807) is 0 Å². The van der Waals surface area contributed by atoms with E-state index in [1.807, 2.05) is 24.3 Å². The summed E-state index contributed by atoms with van der Waals surface area (Å²) >= 11 is 0. The zero-order valence-electron chi connectivity index (χ0n) is 28.9. The van der Waals surface area contributed by atoms with Gasteiger partial charge < -0.3 is 13.7 Å². The molecule has 3 nitrogen and oxygen atoms in total. The largest absolute Gasteiger partial charge is 0.456 e. The monoisotopic (exact) mass is 667 g/mol. The Balaban J connectivity index is 1.07. The molecular weight excluding hydrogens is 635 g/mol. The topological polar surface area (TPSA) is 29.5 Å². The smallest absolute Gasteiger partial charge is 0.136 e. The molecule has 3 heteroatoms. The zero-order chi connectivity index (χ0) is 34.6. The van der Waals surface area contributed by atoms with E-state index in [2.05, 4.69) is 158 Å². The van der Waals surface area contributed by atoms with Gasteiger partial charge in [-0.05, 0) is 111 Å². The third-order valence-corrected chi connectivity index (χ3v) is 11.3. The van der Waals surface area contributed by atoms with Gasteiger partial charge in [0.05, 0.1) is 0 Å². The van der Waals surface area contributed by atoms with Crippen molar-refractivity contribution in [2.75, 3.05) is 4.90 Å². The van der Waals surface area contributed by atoms with E-state index in [-0.39, 0.29) is 5.41 Å². The molecule has 246 valence electrons. The minimum atomic E-state index is -0.0558. The van der Waals surface area contributed by atoms with Crippen molar-refractivity contribution in [2.24, 2.45) is 0 Å². The summed E-state index contributed by atoms with van der Waals surface area (Å²) in [5, 5.41) is 6.95. The fourth-order valence-electron chi connectivity index (χ4n) is 8.67. The van der Waals surface area contributed by atoms with E-state index in [9.17, 15) is 0 Å². The first kappa shape index (κ1) is 29.2. The molecule has 0 fully saturated rings. The minimum Gasteiger partial charge on any atom is -0.456 e. The van der Waals surface area contributed by atoms with Crippen molar-refractivity contribution in [3.63, 3.8) is 0 Å². The van der Waals surface area contributed by atoms with Crippen molar-refractivity contribution in [2.45, 2.75) is 19.3 Å². The highest BCUT2D eigenvalue weighted by molar-refractivity contribution is 6.19. The second-order valence-corrected chi connectivity index (χ2v) is 14.5. The van der Waals surface area contributed by atoms with Gasteiger partial charge in [0.1, 0.15) is 22.3 Å². The SMILES string of the molecule is CC1(C)c2ccccc2-c2cc(N(c3ccc(-c4ccc5ccc6oc7ccccc7c6c5c4)cc3)c3ccc4oc5ccccc5c4c3)ccc21. The van der Waals surface area contributed by atoms with Crippen LogP contribution < -0.4 is 4.90 Å². The van der Waals surface area contributed by atoms with Crippen LogP contribution in [0.15, 0.2) is 173 Å². The van der Waals surface area contributed by atoms with Crippen LogP contribution in [0.1, 0.15) is 25.0 Å². The van der Waals surface area contributed by atoms with Gasteiger partial charge in [0, 0.05) is 44.0 Å². The van der Waals surface area contributed by atoms with Gasteiger partial charge in [-0.15, -0.1) is 0 Å². The van der Waals surface area contributed by atoms with Crippen molar-refractivity contribution in [3.05, 3.63) is 175 Å². The Bertz CT molecular complexity index is 3050. The first-order valence-electron chi connectivity index (χ1n) is 17.9. The molecule has 0 unspecified atom stereocenters. The van der Waals surface area contributed by atoms with Crippen LogP contribution >= 0.6 is 0 Å². The number of rotatable bonds is 4. The number of hydrogen-bond donors (Lipinski definition) is 0. The van der Waals surface area contributed by atoms with Crippen LogP contribution in [0.5, 0.6) is 0 Å². The number of fused-ring (bicyclic) bond motifs is 11. The fraction of sp³-hybridized carbons (Fsp3) is 0.0612. The number of anilines is 3. The maximum Gasteiger partial charge on any atom is 0.136 e. The maximum absolute atomic E-state index is 6.24. The van der Waals surface area contributed by atoms with E-state index in [4.69, 9.17) is 8.83 Å². The quantitative estimate of drug-likeness (QED) is 0.187. The van der Waals surface area contributed by atoms with Gasteiger partial charge >= 0.3 is 0 Å². The molecular formula is C49H33NO2. The van der Waals surface area contributed by atoms with E-state index >= 15 is 0 Å². The number of benzene rings is 8. The Kier molecular flexibility index (Phi) is 6.01. The summed E-state index contributed by atoms with van der Waals surface area (Å²) in [4.78, 5) is 2.38. The van der Waals surface area contributed by atoms with Crippen molar-refractivity contribution in [3.8, 4) is 22.3 Å². The molecule has 8 aromatic carbocycles. The third-order valence-electron chi connectivity index (χ3n) is 11.3. The Morgan fingerprint density at radius 1 is 0.404 bits per heavy atom. The highest BCUT2D eigenvalue weighted by Crippen LogP contribution is 2.51. The second kappa shape index (κ2) is 10.7. The van der Waals surface area contributed by atoms with Crippen molar-refractivity contribution >= 4 is 71.7 Å². The molecule has 0 spiro atoms. The average molecular weight is 668 g/mol.